The van der Waals surface area contributed by atoms with E-state index in [1.165, 1.54) is 10.7 Å². The Hall–Kier alpha value is -1.93. The predicted octanol–water partition coefficient (Wildman–Crippen LogP) is 3.43. The number of carbonyl (C=O) groups excluding carboxylic acids is 2. The highest BCUT2D eigenvalue weighted by atomic mass is 32.2. The van der Waals surface area contributed by atoms with Crippen LogP contribution in [0.1, 0.15) is 63.0 Å². The molecule has 7 nitrogen and oxygen atoms in total. The van der Waals surface area contributed by atoms with Gasteiger partial charge in [0.2, 0.25) is 10.0 Å². The van der Waals surface area contributed by atoms with Crippen molar-refractivity contribution in [1.29, 1.82) is 0 Å². The second kappa shape index (κ2) is 10.8. The van der Waals surface area contributed by atoms with Crippen molar-refractivity contribution in [2.75, 3.05) is 26.2 Å². The van der Waals surface area contributed by atoms with E-state index in [2.05, 4.69) is 0 Å². The summed E-state index contributed by atoms with van der Waals surface area (Å²) in [6, 6.07) is 5.40. The Morgan fingerprint density at radius 3 is 2.28 bits per heavy atom. The van der Waals surface area contributed by atoms with Crippen LogP contribution in [-0.2, 0) is 24.3 Å². The summed E-state index contributed by atoms with van der Waals surface area (Å²) < 4.78 is 32.7. The van der Waals surface area contributed by atoms with Crippen molar-refractivity contribution >= 4 is 21.9 Å². The number of esters is 1. The largest absolute Gasteiger partial charge is 0.455 e. The first-order valence-electron chi connectivity index (χ1n) is 11.8. The van der Waals surface area contributed by atoms with Crippen LogP contribution in [0.2, 0.25) is 0 Å². The number of ether oxygens (including phenoxy) is 1. The molecule has 1 aliphatic heterocycles. The van der Waals surface area contributed by atoms with E-state index in [-0.39, 0.29) is 42.5 Å². The van der Waals surface area contributed by atoms with Gasteiger partial charge in [-0.2, -0.15) is 4.31 Å². The fraction of sp³-hybridized carbons (Fsp3) is 0.667. The minimum atomic E-state index is -3.58. The first-order chi connectivity index (χ1) is 15.2. The molecule has 1 amide bonds. The van der Waals surface area contributed by atoms with Crippen LogP contribution in [0.5, 0.6) is 0 Å². The molecule has 8 heteroatoms. The van der Waals surface area contributed by atoms with Gasteiger partial charge >= 0.3 is 5.97 Å². The van der Waals surface area contributed by atoms with Crippen LogP contribution in [0.4, 0.5) is 0 Å². The molecule has 0 atom stereocenters. The van der Waals surface area contributed by atoms with E-state index in [4.69, 9.17) is 4.74 Å². The van der Waals surface area contributed by atoms with Gasteiger partial charge in [0, 0.05) is 25.7 Å². The van der Waals surface area contributed by atoms with Gasteiger partial charge in [0.15, 0.2) is 6.61 Å². The van der Waals surface area contributed by atoms with Gasteiger partial charge in [-0.3, -0.25) is 9.59 Å². The molecule has 178 valence electrons. The summed E-state index contributed by atoms with van der Waals surface area (Å²) in [4.78, 5) is 27.3. The SMILES string of the molecule is CCN(C(=O)COC(=O)C1CCN(S(=O)(=O)c2ccc(C)c(C)c2)CC1)C1CCCCC1. The van der Waals surface area contributed by atoms with Crippen LogP contribution in [-0.4, -0.2) is 61.8 Å². The van der Waals surface area contributed by atoms with Crippen molar-refractivity contribution in [2.24, 2.45) is 5.92 Å². The maximum Gasteiger partial charge on any atom is 0.309 e. The molecule has 1 aromatic carbocycles. The first-order valence-corrected chi connectivity index (χ1v) is 13.2. The third-order valence-corrected chi connectivity index (χ3v) is 8.81. The van der Waals surface area contributed by atoms with Gasteiger partial charge in [0.1, 0.15) is 0 Å². The van der Waals surface area contributed by atoms with E-state index in [0.717, 1.165) is 36.8 Å². The van der Waals surface area contributed by atoms with Crippen LogP contribution >= 0.6 is 0 Å². The van der Waals surface area contributed by atoms with Crippen LogP contribution < -0.4 is 0 Å². The minimum Gasteiger partial charge on any atom is -0.455 e. The van der Waals surface area contributed by atoms with Gasteiger partial charge in [-0.1, -0.05) is 25.3 Å². The first kappa shape index (κ1) is 24.7. The number of hydrogen-bond acceptors (Lipinski definition) is 5. The maximum atomic E-state index is 13.0. The summed E-state index contributed by atoms with van der Waals surface area (Å²) in [5.41, 5.74) is 1.98. The Labute approximate surface area is 192 Å². The van der Waals surface area contributed by atoms with Crippen LogP contribution in [0.25, 0.3) is 0 Å². The second-order valence-corrected chi connectivity index (χ2v) is 10.9. The zero-order valence-corrected chi connectivity index (χ0v) is 20.3. The molecule has 0 unspecified atom stereocenters. The normalized spacial score (nSPS) is 19.0. The maximum absolute atomic E-state index is 13.0. The number of aryl methyl sites for hydroxylation is 2. The molecule has 0 aromatic heterocycles. The monoisotopic (exact) mass is 464 g/mol. The molecule has 0 bridgehead atoms. The average Bonchev–Trinajstić information content (AvgIpc) is 2.80. The lowest BCUT2D eigenvalue weighted by atomic mass is 9.94. The predicted molar refractivity (Wildman–Crippen MR) is 123 cm³/mol. The van der Waals surface area contributed by atoms with Crippen molar-refractivity contribution in [3.05, 3.63) is 29.3 Å². The van der Waals surface area contributed by atoms with Crippen LogP contribution in [0.3, 0.4) is 0 Å². The second-order valence-electron chi connectivity index (χ2n) is 9.00. The lowest BCUT2D eigenvalue weighted by Crippen LogP contribution is -2.44. The number of likely N-dealkylation sites (N-methyl/N-ethyl adjacent to an activating group) is 1. The average molecular weight is 465 g/mol. The van der Waals surface area contributed by atoms with Crippen molar-refractivity contribution in [3.63, 3.8) is 0 Å². The smallest absolute Gasteiger partial charge is 0.309 e. The quantitative estimate of drug-likeness (QED) is 0.577. The highest BCUT2D eigenvalue weighted by Crippen LogP contribution is 2.26. The zero-order valence-electron chi connectivity index (χ0n) is 19.5. The summed E-state index contributed by atoms with van der Waals surface area (Å²) in [5, 5.41) is 0. The third-order valence-electron chi connectivity index (χ3n) is 6.92. The van der Waals surface area contributed by atoms with Crippen LogP contribution in [0.15, 0.2) is 23.1 Å². The number of amides is 1. The Bertz CT molecular complexity index is 916. The number of rotatable bonds is 7. The highest BCUT2D eigenvalue weighted by molar-refractivity contribution is 7.89. The molecule has 3 rings (SSSR count). The molecule has 1 saturated carbocycles. The highest BCUT2D eigenvalue weighted by Gasteiger charge is 2.33. The van der Waals surface area contributed by atoms with Gasteiger partial charge in [0.05, 0.1) is 10.8 Å². The topological polar surface area (TPSA) is 84.0 Å². The summed E-state index contributed by atoms with van der Waals surface area (Å²) in [6.07, 6.45) is 6.32. The van der Waals surface area contributed by atoms with E-state index in [1.54, 1.807) is 12.1 Å². The molecule has 0 radical (unpaired) electrons. The van der Waals surface area contributed by atoms with Gasteiger partial charge in [-0.15, -0.1) is 0 Å². The molecule has 1 aliphatic carbocycles. The Balaban J connectivity index is 1.50. The molecule has 32 heavy (non-hydrogen) atoms. The summed E-state index contributed by atoms with van der Waals surface area (Å²) in [7, 11) is -3.58. The molecule has 1 saturated heterocycles. The third kappa shape index (κ3) is 5.70. The van der Waals surface area contributed by atoms with Crippen molar-refractivity contribution < 1.29 is 22.7 Å². The molecule has 0 spiro atoms. The fourth-order valence-corrected chi connectivity index (χ4v) is 6.28. The van der Waals surface area contributed by atoms with Gasteiger partial charge in [-0.25, -0.2) is 8.42 Å². The molecule has 2 fully saturated rings. The molecule has 1 aromatic rings. The molecule has 0 N–H and O–H groups in total. The van der Waals surface area contributed by atoms with Crippen molar-refractivity contribution in [1.82, 2.24) is 9.21 Å². The van der Waals surface area contributed by atoms with Crippen molar-refractivity contribution in [3.8, 4) is 0 Å². The summed E-state index contributed by atoms with van der Waals surface area (Å²) in [5.74, 6) is -0.914. The number of benzene rings is 1. The molecule has 2 aliphatic rings. The Morgan fingerprint density at radius 2 is 1.69 bits per heavy atom. The Morgan fingerprint density at radius 1 is 1.03 bits per heavy atom. The lowest BCUT2D eigenvalue weighted by molar-refractivity contribution is -0.157. The molecular formula is C24H36N2O5S. The summed E-state index contributed by atoms with van der Waals surface area (Å²) >= 11 is 0. The van der Waals surface area contributed by atoms with E-state index in [0.29, 0.717) is 19.4 Å². The number of hydrogen-bond donors (Lipinski definition) is 0. The van der Waals surface area contributed by atoms with E-state index >= 15 is 0 Å². The number of nitrogens with zero attached hydrogens (tertiary/aromatic N) is 2. The zero-order chi connectivity index (χ0) is 23.3. The van der Waals surface area contributed by atoms with Gasteiger partial charge < -0.3 is 9.64 Å². The van der Waals surface area contributed by atoms with E-state index in [1.807, 2.05) is 31.7 Å². The van der Waals surface area contributed by atoms with E-state index < -0.39 is 16.0 Å². The van der Waals surface area contributed by atoms with E-state index in [9.17, 15) is 18.0 Å². The van der Waals surface area contributed by atoms with Crippen LogP contribution in [0, 0.1) is 19.8 Å². The number of carbonyl (C=O) groups is 2. The number of piperidine rings is 1. The standard InChI is InChI=1S/C24H36N2O5S/c1-4-26(21-8-6-5-7-9-21)23(27)17-31-24(28)20-12-14-25(15-13-20)32(29,30)22-11-10-18(2)19(3)16-22/h10-11,16,20-21H,4-9,12-15,17H2,1-3H3. The lowest BCUT2D eigenvalue weighted by Gasteiger charge is -2.34. The van der Waals surface area contributed by atoms with Gasteiger partial charge in [0.25, 0.3) is 5.91 Å². The summed E-state index contributed by atoms with van der Waals surface area (Å²) in [6.45, 7) is 6.73. The molecular weight excluding hydrogens is 428 g/mol. The molecule has 1 heterocycles. The number of sulfonamides is 1. The fourth-order valence-electron chi connectivity index (χ4n) is 4.72. The minimum absolute atomic E-state index is 0.137. The van der Waals surface area contributed by atoms with Crippen molar-refractivity contribution in [2.45, 2.75) is 76.7 Å². The Kier molecular flexibility index (Phi) is 8.33. The van der Waals surface area contributed by atoms with Gasteiger partial charge in [-0.05, 0) is 69.7 Å².